The molecular weight excluding hydrogens is 299 g/mol. The van der Waals surface area contributed by atoms with E-state index < -0.39 is 5.97 Å². The maximum absolute atomic E-state index is 11.2. The van der Waals surface area contributed by atoms with Crippen molar-refractivity contribution in [3.8, 4) is 0 Å². The molecule has 0 radical (unpaired) electrons. The highest BCUT2D eigenvalue weighted by Gasteiger charge is 2.06. The molecule has 0 atom stereocenters. The zero-order valence-corrected chi connectivity index (χ0v) is 12.2. The number of carbonyl (C=O) groups excluding carboxylic acids is 1. The minimum absolute atomic E-state index is 0.271. The molecule has 6 heteroatoms. The predicted molar refractivity (Wildman–Crippen MR) is 79.4 cm³/mol. The fraction of sp³-hybridized carbons (Fsp3) is 0.143. The Labute approximate surface area is 126 Å². The quantitative estimate of drug-likeness (QED) is 0.873. The number of nitrogens with zero attached hydrogens (tertiary/aromatic N) is 1. The lowest BCUT2D eigenvalue weighted by molar-refractivity contribution is 0.0594. The largest absolute Gasteiger partial charge is 0.464 e. The molecule has 0 aliphatic carbocycles. The van der Waals surface area contributed by atoms with Gasteiger partial charge in [-0.1, -0.05) is 29.3 Å². The van der Waals surface area contributed by atoms with E-state index >= 15 is 0 Å². The molecule has 0 amide bonds. The summed E-state index contributed by atoms with van der Waals surface area (Å²) < 4.78 is 4.58. The van der Waals surface area contributed by atoms with Crippen molar-refractivity contribution < 1.29 is 9.53 Å². The first-order valence-corrected chi connectivity index (χ1v) is 6.58. The molecule has 1 aromatic heterocycles. The molecule has 2 aromatic rings. The van der Waals surface area contributed by atoms with Crippen LogP contribution in [0.3, 0.4) is 0 Å². The highest BCUT2D eigenvalue weighted by atomic mass is 35.5. The molecule has 0 fully saturated rings. The SMILES string of the molecule is COC(=O)c1ccc(NCc2ccc(Cl)c(Cl)c2)cn1. The van der Waals surface area contributed by atoms with Crippen LogP contribution in [-0.2, 0) is 11.3 Å². The van der Waals surface area contributed by atoms with E-state index in [2.05, 4.69) is 15.0 Å². The van der Waals surface area contributed by atoms with Crippen LogP contribution >= 0.6 is 23.2 Å². The smallest absolute Gasteiger partial charge is 0.356 e. The van der Waals surface area contributed by atoms with Crippen LogP contribution in [-0.4, -0.2) is 18.1 Å². The highest BCUT2D eigenvalue weighted by Crippen LogP contribution is 2.23. The van der Waals surface area contributed by atoms with Crippen molar-refractivity contribution in [1.82, 2.24) is 4.98 Å². The third-order valence-corrected chi connectivity index (χ3v) is 3.38. The minimum atomic E-state index is -0.457. The van der Waals surface area contributed by atoms with Gasteiger partial charge in [-0.05, 0) is 29.8 Å². The molecule has 104 valence electrons. The molecule has 0 unspecified atom stereocenters. The number of benzene rings is 1. The first-order chi connectivity index (χ1) is 9.60. The van der Waals surface area contributed by atoms with Gasteiger partial charge in [0.25, 0.3) is 0 Å². The highest BCUT2D eigenvalue weighted by molar-refractivity contribution is 6.42. The number of rotatable bonds is 4. The summed E-state index contributed by atoms with van der Waals surface area (Å²) in [4.78, 5) is 15.3. The van der Waals surface area contributed by atoms with E-state index in [9.17, 15) is 4.79 Å². The standard InChI is InChI=1S/C14H12Cl2N2O2/c1-20-14(19)13-5-3-10(8-18-13)17-7-9-2-4-11(15)12(16)6-9/h2-6,8,17H,7H2,1H3. The molecule has 0 saturated heterocycles. The minimum Gasteiger partial charge on any atom is -0.464 e. The van der Waals surface area contributed by atoms with Gasteiger partial charge in [0.2, 0.25) is 0 Å². The summed E-state index contributed by atoms with van der Waals surface area (Å²) in [5.74, 6) is -0.457. The van der Waals surface area contributed by atoms with Crippen molar-refractivity contribution in [3.05, 3.63) is 57.8 Å². The van der Waals surface area contributed by atoms with Gasteiger partial charge in [0.05, 0.1) is 29.0 Å². The van der Waals surface area contributed by atoms with Gasteiger partial charge in [0, 0.05) is 6.54 Å². The van der Waals surface area contributed by atoms with Crippen molar-refractivity contribution >= 4 is 34.9 Å². The van der Waals surface area contributed by atoms with E-state index in [4.69, 9.17) is 23.2 Å². The third-order valence-electron chi connectivity index (χ3n) is 2.64. The van der Waals surface area contributed by atoms with Crippen molar-refractivity contribution in [2.75, 3.05) is 12.4 Å². The second-order valence-corrected chi connectivity index (χ2v) is 4.84. The number of methoxy groups -OCH3 is 1. The van der Waals surface area contributed by atoms with Crippen molar-refractivity contribution in [2.24, 2.45) is 0 Å². The van der Waals surface area contributed by atoms with Gasteiger partial charge >= 0.3 is 5.97 Å². The zero-order valence-electron chi connectivity index (χ0n) is 10.7. The van der Waals surface area contributed by atoms with Crippen LogP contribution in [0.15, 0.2) is 36.5 Å². The normalized spacial score (nSPS) is 10.2. The van der Waals surface area contributed by atoms with Crippen LogP contribution in [0.1, 0.15) is 16.1 Å². The second kappa shape index (κ2) is 6.59. The Morgan fingerprint density at radius 3 is 2.65 bits per heavy atom. The number of nitrogens with one attached hydrogen (secondary N) is 1. The van der Waals surface area contributed by atoms with Gasteiger partial charge in [-0.3, -0.25) is 0 Å². The van der Waals surface area contributed by atoms with Crippen LogP contribution in [0, 0.1) is 0 Å². The molecule has 0 aliphatic rings. The second-order valence-electron chi connectivity index (χ2n) is 4.03. The molecule has 0 aliphatic heterocycles. The maximum atomic E-state index is 11.2. The summed E-state index contributed by atoms with van der Waals surface area (Å²) in [7, 11) is 1.32. The summed E-state index contributed by atoms with van der Waals surface area (Å²) in [5, 5.41) is 4.22. The van der Waals surface area contributed by atoms with Crippen LogP contribution < -0.4 is 5.32 Å². The van der Waals surface area contributed by atoms with Crippen LogP contribution in [0.4, 0.5) is 5.69 Å². The van der Waals surface area contributed by atoms with E-state index in [-0.39, 0.29) is 5.69 Å². The van der Waals surface area contributed by atoms with E-state index in [1.165, 1.54) is 7.11 Å². The summed E-state index contributed by atoms with van der Waals surface area (Å²) in [6.07, 6.45) is 1.57. The lowest BCUT2D eigenvalue weighted by Crippen LogP contribution is -2.05. The fourth-order valence-corrected chi connectivity index (χ4v) is 1.90. The van der Waals surface area contributed by atoms with Gasteiger partial charge < -0.3 is 10.1 Å². The topological polar surface area (TPSA) is 51.2 Å². The molecular formula is C14H12Cl2N2O2. The average molecular weight is 311 g/mol. The number of pyridine rings is 1. The van der Waals surface area contributed by atoms with E-state index in [1.807, 2.05) is 6.07 Å². The Morgan fingerprint density at radius 1 is 1.25 bits per heavy atom. The number of esters is 1. The van der Waals surface area contributed by atoms with Gasteiger partial charge in [-0.15, -0.1) is 0 Å². The fourth-order valence-electron chi connectivity index (χ4n) is 1.58. The molecule has 0 spiro atoms. The molecule has 1 aromatic carbocycles. The molecule has 0 saturated carbocycles. The lowest BCUT2D eigenvalue weighted by atomic mass is 10.2. The van der Waals surface area contributed by atoms with Gasteiger partial charge in [0.15, 0.2) is 0 Å². The summed E-state index contributed by atoms with van der Waals surface area (Å²) >= 11 is 11.8. The Hall–Kier alpha value is -1.78. The van der Waals surface area contributed by atoms with Gasteiger partial charge in [-0.25, -0.2) is 9.78 Å². The van der Waals surface area contributed by atoms with Crippen LogP contribution in [0.5, 0.6) is 0 Å². The Kier molecular flexibility index (Phi) is 4.82. The number of carbonyl (C=O) groups is 1. The molecule has 20 heavy (non-hydrogen) atoms. The lowest BCUT2D eigenvalue weighted by Gasteiger charge is -2.07. The van der Waals surface area contributed by atoms with Crippen molar-refractivity contribution in [3.63, 3.8) is 0 Å². The predicted octanol–water partition coefficient (Wildman–Crippen LogP) is 3.79. The summed E-state index contributed by atoms with van der Waals surface area (Å²) in [6, 6.07) is 8.80. The molecule has 1 N–H and O–H groups in total. The Bertz CT molecular complexity index is 615. The number of ether oxygens (including phenoxy) is 1. The van der Waals surface area contributed by atoms with Crippen molar-refractivity contribution in [2.45, 2.75) is 6.54 Å². The Balaban J connectivity index is 2.00. The number of anilines is 1. The zero-order chi connectivity index (χ0) is 14.5. The Morgan fingerprint density at radius 2 is 2.05 bits per heavy atom. The van der Waals surface area contributed by atoms with Crippen LogP contribution in [0.25, 0.3) is 0 Å². The first kappa shape index (κ1) is 14.6. The van der Waals surface area contributed by atoms with Crippen LogP contribution in [0.2, 0.25) is 10.0 Å². The molecule has 4 nitrogen and oxygen atoms in total. The van der Waals surface area contributed by atoms with E-state index in [0.717, 1.165) is 11.3 Å². The molecule has 1 heterocycles. The van der Waals surface area contributed by atoms with E-state index in [0.29, 0.717) is 16.6 Å². The third kappa shape index (κ3) is 3.62. The average Bonchev–Trinajstić information content (AvgIpc) is 2.48. The summed E-state index contributed by atoms with van der Waals surface area (Å²) in [6.45, 7) is 0.580. The summed E-state index contributed by atoms with van der Waals surface area (Å²) in [5.41, 5.74) is 2.06. The number of halogens is 2. The van der Waals surface area contributed by atoms with Gasteiger partial charge in [0.1, 0.15) is 5.69 Å². The van der Waals surface area contributed by atoms with Crippen molar-refractivity contribution in [1.29, 1.82) is 0 Å². The monoisotopic (exact) mass is 310 g/mol. The first-order valence-electron chi connectivity index (χ1n) is 5.82. The number of aromatic nitrogens is 1. The van der Waals surface area contributed by atoms with E-state index in [1.54, 1.807) is 30.5 Å². The number of hydrogen-bond acceptors (Lipinski definition) is 4. The molecule has 0 bridgehead atoms. The number of hydrogen-bond donors (Lipinski definition) is 1. The maximum Gasteiger partial charge on any atom is 0.356 e. The van der Waals surface area contributed by atoms with Gasteiger partial charge in [-0.2, -0.15) is 0 Å². The molecule has 2 rings (SSSR count).